The molecular weight excluding hydrogens is 220 g/mol. The Labute approximate surface area is 103 Å². The fraction of sp³-hybridized carbons (Fsp3) is 0.462. The van der Waals surface area contributed by atoms with Gasteiger partial charge < -0.3 is 9.47 Å². The predicted molar refractivity (Wildman–Crippen MR) is 69.7 cm³/mol. The maximum Gasteiger partial charge on any atom is 0.357 e. The monoisotopic (exact) mass is 238 g/mol. The average Bonchev–Trinajstić information content (AvgIpc) is 2.31. The lowest BCUT2D eigenvalue weighted by atomic mass is 10.1. The molecule has 0 saturated carbocycles. The fourth-order valence-corrected chi connectivity index (χ4v) is 1.49. The molecule has 0 fully saturated rings. The molecule has 0 N–H and O–H groups in total. The molecule has 2 nitrogen and oxygen atoms in total. The normalized spacial score (nSPS) is 10.2. The molecular formula is C13H18O2S. The molecule has 1 rings (SSSR count). The fourth-order valence-electron chi connectivity index (χ4n) is 1.32. The summed E-state index contributed by atoms with van der Waals surface area (Å²) < 4.78 is 10.8. The van der Waals surface area contributed by atoms with E-state index in [0.29, 0.717) is 12.5 Å². The summed E-state index contributed by atoms with van der Waals surface area (Å²) in [7, 11) is 0. The van der Waals surface area contributed by atoms with Crippen molar-refractivity contribution in [2.75, 3.05) is 6.61 Å². The lowest BCUT2D eigenvalue weighted by Gasteiger charge is -2.14. The van der Waals surface area contributed by atoms with E-state index in [1.807, 2.05) is 30.3 Å². The van der Waals surface area contributed by atoms with Crippen LogP contribution in [0.4, 0.5) is 0 Å². The summed E-state index contributed by atoms with van der Waals surface area (Å²) in [6.45, 7) is 4.94. The summed E-state index contributed by atoms with van der Waals surface area (Å²) in [4.78, 5) is 0. The van der Waals surface area contributed by atoms with Crippen LogP contribution in [-0.4, -0.2) is 11.8 Å². The minimum absolute atomic E-state index is 0.207. The zero-order valence-electron chi connectivity index (χ0n) is 9.81. The molecule has 0 saturated heterocycles. The van der Waals surface area contributed by atoms with E-state index in [2.05, 4.69) is 13.8 Å². The van der Waals surface area contributed by atoms with E-state index in [1.54, 1.807) is 0 Å². The zero-order valence-corrected chi connectivity index (χ0v) is 10.6. The second-order valence-electron chi connectivity index (χ2n) is 3.66. The van der Waals surface area contributed by atoms with Gasteiger partial charge in [0.05, 0.1) is 6.61 Å². The van der Waals surface area contributed by atoms with Crippen LogP contribution in [-0.2, 0) is 4.74 Å². The number of para-hydroxylation sites is 1. The van der Waals surface area contributed by atoms with Crippen LogP contribution in [0.15, 0.2) is 30.3 Å². The summed E-state index contributed by atoms with van der Waals surface area (Å²) >= 11 is 5.01. The first kappa shape index (κ1) is 13.0. The quantitative estimate of drug-likeness (QED) is 0.727. The molecule has 0 spiro atoms. The van der Waals surface area contributed by atoms with Crippen molar-refractivity contribution in [2.45, 2.75) is 26.7 Å². The van der Waals surface area contributed by atoms with E-state index in [-0.39, 0.29) is 5.24 Å². The van der Waals surface area contributed by atoms with E-state index in [1.165, 1.54) is 0 Å². The van der Waals surface area contributed by atoms with Crippen LogP contribution in [0.3, 0.4) is 0 Å². The summed E-state index contributed by atoms with van der Waals surface area (Å²) in [5.41, 5.74) is 0. The summed E-state index contributed by atoms with van der Waals surface area (Å²) in [6, 6.07) is 9.44. The SMILES string of the molecule is CCC(CC)COC(=S)Oc1ccccc1. The summed E-state index contributed by atoms with van der Waals surface area (Å²) in [5, 5.41) is 0.207. The Balaban J connectivity index is 2.31. The minimum Gasteiger partial charge on any atom is -0.456 e. The van der Waals surface area contributed by atoms with Crippen molar-refractivity contribution in [1.82, 2.24) is 0 Å². The van der Waals surface area contributed by atoms with Crippen molar-refractivity contribution in [2.24, 2.45) is 5.92 Å². The van der Waals surface area contributed by atoms with Gasteiger partial charge in [-0.15, -0.1) is 0 Å². The third kappa shape index (κ3) is 4.62. The predicted octanol–water partition coefficient (Wildman–Crippen LogP) is 3.80. The maximum absolute atomic E-state index is 5.40. The smallest absolute Gasteiger partial charge is 0.357 e. The molecule has 0 atom stereocenters. The lowest BCUT2D eigenvalue weighted by molar-refractivity contribution is 0.194. The number of hydrogen-bond acceptors (Lipinski definition) is 3. The lowest BCUT2D eigenvalue weighted by Crippen LogP contribution is -2.16. The van der Waals surface area contributed by atoms with Crippen molar-refractivity contribution < 1.29 is 9.47 Å². The largest absolute Gasteiger partial charge is 0.456 e. The molecule has 0 radical (unpaired) electrons. The first-order valence-electron chi connectivity index (χ1n) is 5.65. The van der Waals surface area contributed by atoms with Gasteiger partial charge >= 0.3 is 5.24 Å². The van der Waals surface area contributed by atoms with Crippen LogP contribution in [0.25, 0.3) is 0 Å². The van der Waals surface area contributed by atoms with Gasteiger partial charge in [0.15, 0.2) is 0 Å². The third-order valence-electron chi connectivity index (χ3n) is 2.54. The van der Waals surface area contributed by atoms with Gasteiger partial charge in [0.1, 0.15) is 5.75 Å². The molecule has 16 heavy (non-hydrogen) atoms. The van der Waals surface area contributed by atoms with Crippen molar-refractivity contribution >= 4 is 17.5 Å². The van der Waals surface area contributed by atoms with Crippen LogP contribution >= 0.6 is 12.2 Å². The van der Waals surface area contributed by atoms with E-state index < -0.39 is 0 Å². The second kappa shape index (κ2) is 7.23. The number of thiocarbonyl (C=S) groups is 1. The number of hydrogen-bond donors (Lipinski definition) is 0. The molecule has 0 amide bonds. The van der Waals surface area contributed by atoms with Crippen LogP contribution in [0.1, 0.15) is 26.7 Å². The van der Waals surface area contributed by atoms with Crippen molar-refractivity contribution in [3.05, 3.63) is 30.3 Å². The summed E-state index contributed by atoms with van der Waals surface area (Å²) in [5.74, 6) is 1.27. The Morgan fingerprint density at radius 2 is 1.81 bits per heavy atom. The van der Waals surface area contributed by atoms with Gasteiger partial charge in [0.25, 0.3) is 0 Å². The molecule has 0 bridgehead atoms. The second-order valence-corrected chi connectivity index (χ2v) is 3.99. The van der Waals surface area contributed by atoms with Crippen molar-refractivity contribution in [3.8, 4) is 5.75 Å². The molecule has 1 aromatic carbocycles. The Bertz CT molecular complexity index is 307. The van der Waals surface area contributed by atoms with Gasteiger partial charge in [-0.25, -0.2) is 0 Å². The average molecular weight is 238 g/mol. The van der Waals surface area contributed by atoms with Crippen LogP contribution in [0.2, 0.25) is 0 Å². The highest BCUT2D eigenvalue weighted by Gasteiger charge is 2.07. The van der Waals surface area contributed by atoms with Crippen LogP contribution < -0.4 is 4.74 Å². The highest BCUT2D eigenvalue weighted by molar-refractivity contribution is 7.79. The Hall–Kier alpha value is -1.09. The molecule has 88 valence electrons. The molecule has 3 heteroatoms. The highest BCUT2D eigenvalue weighted by atomic mass is 32.1. The number of benzene rings is 1. The standard InChI is InChI=1S/C13H18O2S/c1-3-11(4-2)10-14-13(16)15-12-8-6-5-7-9-12/h5-9,11H,3-4,10H2,1-2H3. The van der Waals surface area contributed by atoms with E-state index >= 15 is 0 Å². The van der Waals surface area contributed by atoms with Crippen LogP contribution in [0.5, 0.6) is 5.75 Å². The molecule has 0 aliphatic carbocycles. The molecule has 0 aromatic heterocycles. The third-order valence-corrected chi connectivity index (χ3v) is 2.74. The maximum atomic E-state index is 5.40. The first-order chi connectivity index (χ1) is 7.76. The minimum atomic E-state index is 0.207. The van der Waals surface area contributed by atoms with Gasteiger partial charge in [-0.3, -0.25) is 0 Å². The Morgan fingerprint density at radius 3 is 2.38 bits per heavy atom. The molecule has 0 heterocycles. The van der Waals surface area contributed by atoms with Crippen molar-refractivity contribution in [3.63, 3.8) is 0 Å². The molecule has 0 aliphatic rings. The van der Waals surface area contributed by atoms with E-state index in [9.17, 15) is 0 Å². The molecule has 0 aliphatic heterocycles. The van der Waals surface area contributed by atoms with Crippen LogP contribution in [0, 0.1) is 5.92 Å². The molecule has 0 unspecified atom stereocenters. The summed E-state index contributed by atoms with van der Waals surface area (Å²) in [6.07, 6.45) is 2.20. The van der Waals surface area contributed by atoms with Crippen molar-refractivity contribution in [1.29, 1.82) is 0 Å². The first-order valence-corrected chi connectivity index (χ1v) is 6.06. The topological polar surface area (TPSA) is 18.5 Å². The van der Waals surface area contributed by atoms with Gasteiger partial charge in [0, 0.05) is 12.2 Å². The van der Waals surface area contributed by atoms with Gasteiger partial charge in [0.2, 0.25) is 0 Å². The number of rotatable bonds is 5. The number of ether oxygens (including phenoxy) is 2. The zero-order chi connectivity index (χ0) is 11.8. The Morgan fingerprint density at radius 1 is 1.19 bits per heavy atom. The van der Waals surface area contributed by atoms with E-state index in [0.717, 1.165) is 18.6 Å². The van der Waals surface area contributed by atoms with Gasteiger partial charge in [-0.2, -0.15) is 0 Å². The van der Waals surface area contributed by atoms with E-state index in [4.69, 9.17) is 21.7 Å². The molecule has 1 aromatic rings. The van der Waals surface area contributed by atoms with Gasteiger partial charge in [-0.1, -0.05) is 44.9 Å². The van der Waals surface area contributed by atoms with Gasteiger partial charge in [-0.05, 0) is 18.1 Å². The highest BCUT2D eigenvalue weighted by Crippen LogP contribution is 2.11. The Kier molecular flexibility index (Phi) is 5.86.